The van der Waals surface area contributed by atoms with Gasteiger partial charge in [0.05, 0.1) is 24.5 Å². The molecule has 0 saturated heterocycles. The molecule has 0 bridgehead atoms. The standard InChI is InChI=1S/C14H19N5O2/c15-7-13-8-19(18-17-13)9-14(21)16-12(10-20)6-11-4-2-1-3-5-11/h1-5,8,12,20H,6-7,9-10,15H2,(H,16,21)/t12-/m1/s1. The lowest BCUT2D eigenvalue weighted by Gasteiger charge is -2.16. The van der Waals surface area contributed by atoms with E-state index in [4.69, 9.17) is 5.73 Å². The smallest absolute Gasteiger partial charge is 0.242 e. The van der Waals surface area contributed by atoms with E-state index in [0.717, 1.165) is 5.56 Å². The highest BCUT2D eigenvalue weighted by Gasteiger charge is 2.13. The van der Waals surface area contributed by atoms with E-state index >= 15 is 0 Å². The van der Waals surface area contributed by atoms with E-state index in [0.29, 0.717) is 12.1 Å². The molecule has 112 valence electrons. The predicted octanol–water partition coefficient (Wildman–Crippen LogP) is -0.543. The van der Waals surface area contributed by atoms with Gasteiger partial charge < -0.3 is 16.2 Å². The molecule has 2 aromatic rings. The van der Waals surface area contributed by atoms with Crippen LogP contribution in [0.15, 0.2) is 36.5 Å². The minimum atomic E-state index is -0.322. The van der Waals surface area contributed by atoms with E-state index in [-0.39, 0.29) is 31.6 Å². The summed E-state index contributed by atoms with van der Waals surface area (Å²) in [5.41, 5.74) is 7.12. The maximum atomic E-state index is 11.9. The van der Waals surface area contributed by atoms with Crippen molar-refractivity contribution < 1.29 is 9.90 Å². The van der Waals surface area contributed by atoms with E-state index < -0.39 is 0 Å². The van der Waals surface area contributed by atoms with Gasteiger partial charge in [-0.2, -0.15) is 0 Å². The van der Waals surface area contributed by atoms with E-state index in [1.807, 2.05) is 30.3 Å². The number of aromatic nitrogens is 3. The van der Waals surface area contributed by atoms with Crippen molar-refractivity contribution in [2.24, 2.45) is 5.73 Å². The number of carbonyl (C=O) groups excluding carboxylic acids is 1. The highest BCUT2D eigenvalue weighted by molar-refractivity contribution is 5.76. The maximum Gasteiger partial charge on any atom is 0.242 e. The summed E-state index contributed by atoms with van der Waals surface area (Å²) in [5, 5.41) is 19.8. The van der Waals surface area contributed by atoms with Crippen LogP contribution in [0.25, 0.3) is 0 Å². The Morgan fingerprint density at radius 1 is 1.38 bits per heavy atom. The van der Waals surface area contributed by atoms with E-state index in [9.17, 15) is 9.90 Å². The first kappa shape index (κ1) is 15.1. The molecule has 1 aromatic heterocycles. The number of hydrogen-bond donors (Lipinski definition) is 3. The molecule has 1 aromatic carbocycles. The molecule has 2 rings (SSSR count). The van der Waals surface area contributed by atoms with Crippen LogP contribution in [0.5, 0.6) is 0 Å². The molecule has 0 aliphatic rings. The summed E-state index contributed by atoms with van der Waals surface area (Å²) in [5.74, 6) is -0.224. The van der Waals surface area contributed by atoms with E-state index in [1.54, 1.807) is 6.20 Å². The van der Waals surface area contributed by atoms with Crippen molar-refractivity contribution in [3.05, 3.63) is 47.8 Å². The third-order valence-corrected chi connectivity index (χ3v) is 3.01. The number of benzene rings is 1. The molecule has 1 atom stereocenters. The van der Waals surface area contributed by atoms with Crippen LogP contribution in [-0.2, 0) is 24.3 Å². The number of amides is 1. The SMILES string of the molecule is NCc1cn(CC(=O)N[C@@H](CO)Cc2ccccc2)nn1. The monoisotopic (exact) mass is 289 g/mol. The fourth-order valence-corrected chi connectivity index (χ4v) is 1.99. The highest BCUT2D eigenvalue weighted by atomic mass is 16.3. The van der Waals surface area contributed by atoms with Crippen LogP contribution >= 0.6 is 0 Å². The van der Waals surface area contributed by atoms with Crippen molar-refractivity contribution in [2.75, 3.05) is 6.61 Å². The van der Waals surface area contributed by atoms with Gasteiger partial charge in [-0.15, -0.1) is 5.10 Å². The molecule has 7 heteroatoms. The summed E-state index contributed by atoms with van der Waals surface area (Å²) in [4.78, 5) is 11.9. The molecule has 0 aliphatic carbocycles. The Morgan fingerprint density at radius 2 is 2.14 bits per heavy atom. The van der Waals surface area contributed by atoms with Crippen molar-refractivity contribution in [1.29, 1.82) is 0 Å². The second-order valence-corrected chi connectivity index (χ2v) is 4.75. The lowest BCUT2D eigenvalue weighted by atomic mass is 10.1. The van der Waals surface area contributed by atoms with Gasteiger partial charge in [0.15, 0.2) is 0 Å². The summed E-state index contributed by atoms with van der Waals surface area (Å²) < 4.78 is 1.43. The molecule has 4 N–H and O–H groups in total. The minimum absolute atomic E-state index is 0.0539. The Morgan fingerprint density at radius 3 is 2.76 bits per heavy atom. The van der Waals surface area contributed by atoms with Crippen LogP contribution in [0.3, 0.4) is 0 Å². The van der Waals surface area contributed by atoms with Gasteiger partial charge in [-0.05, 0) is 12.0 Å². The highest BCUT2D eigenvalue weighted by Crippen LogP contribution is 2.03. The molecule has 1 amide bonds. The molecule has 0 fully saturated rings. The minimum Gasteiger partial charge on any atom is -0.394 e. The number of rotatable bonds is 7. The Hall–Kier alpha value is -2.25. The van der Waals surface area contributed by atoms with Gasteiger partial charge >= 0.3 is 0 Å². The molecule has 0 aliphatic heterocycles. The molecule has 21 heavy (non-hydrogen) atoms. The Bertz CT molecular complexity index is 570. The maximum absolute atomic E-state index is 11.9. The first-order valence-corrected chi connectivity index (χ1v) is 6.74. The van der Waals surface area contributed by atoms with Crippen molar-refractivity contribution >= 4 is 5.91 Å². The van der Waals surface area contributed by atoms with Crippen LogP contribution in [0.1, 0.15) is 11.3 Å². The third-order valence-electron chi connectivity index (χ3n) is 3.01. The lowest BCUT2D eigenvalue weighted by Crippen LogP contribution is -2.40. The van der Waals surface area contributed by atoms with Gasteiger partial charge in [-0.25, -0.2) is 4.68 Å². The first-order chi connectivity index (χ1) is 10.2. The topological polar surface area (TPSA) is 106 Å². The molecule has 0 unspecified atom stereocenters. The molecule has 0 spiro atoms. The van der Waals surface area contributed by atoms with E-state index in [1.165, 1.54) is 4.68 Å². The first-order valence-electron chi connectivity index (χ1n) is 6.74. The number of nitrogens with two attached hydrogens (primary N) is 1. The Labute approximate surface area is 122 Å². The average molecular weight is 289 g/mol. The van der Waals surface area contributed by atoms with Crippen molar-refractivity contribution in [3.8, 4) is 0 Å². The molecular formula is C14H19N5O2. The van der Waals surface area contributed by atoms with Gasteiger partial charge in [0, 0.05) is 6.54 Å². The van der Waals surface area contributed by atoms with Crippen molar-refractivity contribution in [1.82, 2.24) is 20.3 Å². The quantitative estimate of drug-likeness (QED) is 0.634. The normalized spacial score (nSPS) is 12.1. The zero-order valence-electron chi connectivity index (χ0n) is 11.6. The largest absolute Gasteiger partial charge is 0.394 e. The zero-order valence-corrected chi connectivity index (χ0v) is 11.6. The molecular weight excluding hydrogens is 270 g/mol. The summed E-state index contributed by atoms with van der Waals surface area (Å²) in [7, 11) is 0. The molecule has 0 saturated carbocycles. The van der Waals surface area contributed by atoms with Gasteiger partial charge in [0.1, 0.15) is 6.54 Å². The predicted molar refractivity (Wildman–Crippen MR) is 77.1 cm³/mol. The summed E-state index contributed by atoms with van der Waals surface area (Å²) in [6.07, 6.45) is 2.21. The van der Waals surface area contributed by atoms with Gasteiger partial charge in [0.25, 0.3) is 0 Å². The number of carbonyl (C=O) groups is 1. The Balaban J connectivity index is 1.87. The summed E-state index contributed by atoms with van der Waals surface area (Å²) >= 11 is 0. The number of aliphatic hydroxyl groups excluding tert-OH is 1. The van der Waals surface area contributed by atoms with Crippen LogP contribution < -0.4 is 11.1 Å². The third kappa shape index (κ3) is 4.66. The number of aliphatic hydroxyl groups is 1. The Kier molecular flexibility index (Phi) is 5.42. The van der Waals surface area contributed by atoms with Crippen LogP contribution in [0.2, 0.25) is 0 Å². The fraction of sp³-hybridized carbons (Fsp3) is 0.357. The number of hydrogen-bond acceptors (Lipinski definition) is 5. The van der Waals surface area contributed by atoms with Crippen LogP contribution in [0.4, 0.5) is 0 Å². The van der Waals surface area contributed by atoms with Gasteiger partial charge in [-0.1, -0.05) is 35.5 Å². The van der Waals surface area contributed by atoms with Gasteiger partial charge in [0.2, 0.25) is 5.91 Å². The summed E-state index contributed by atoms with van der Waals surface area (Å²) in [6.45, 7) is 0.221. The molecule has 1 heterocycles. The van der Waals surface area contributed by atoms with Gasteiger partial charge in [-0.3, -0.25) is 4.79 Å². The molecule has 7 nitrogen and oxygen atoms in total. The summed E-state index contributed by atoms with van der Waals surface area (Å²) in [6, 6.07) is 9.37. The average Bonchev–Trinajstić information content (AvgIpc) is 2.95. The van der Waals surface area contributed by atoms with Crippen LogP contribution in [-0.4, -0.2) is 38.7 Å². The second kappa shape index (κ2) is 7.51. The lowest BCUT2D eigenvalue weighted by molar-refractivity contribution is -0.122. The van der Waals surface area contributed by atoms with Crippen molar-refractivity contribution in [2.45, 2.75) is 25.6 Å². The molecule has 0 radical (unpaired) electrons. The number of nitrogens with zero attached hydrogens (tertiary/aromatic N) is 3. The zero-order chi connectivity index (χ0) is 15.1. The number of nitrogens with one attached hydrogen (secondary N) is 1. The van der Waals surface area contributed by atoms with Crippen molar-refractivity contribution in [3.63, 3.8) is 0 Å². The van der Waals surface area contributed by atoms with E-state index in [2.05, 4.69) is 15.6 Å². The second-order valence-electron chi connectivity index (χ2n) is 4.75. The fourth-order valence-electron chi connectivity index (χ4n) is 1.99. The van der Waals surface area contributed by atoms with Crippen LogP contribution in [0, 0.1) is 0 Å².